The van der Waals surface area contributed by atoms with Gasteiger partial charge < -0.3 is 10.6 Å². The molecule has 1 aliphatic heterocycles. The molecule has 1 saturated heterocycles. The van der Waals surface area contributed by atoms with Crippen LogP contribution in [0.3, 0.4) is 0 Å². The summed E-state index contributed by atoms with van der Waals surface area (Å²) < 4.78 is 0. The molecule has 3 nitrogen and oxygen atoms in total. The van der Waals surface area contributed by atoms with Gasteiger partial charge in [-0.05, 0) is 49.3 Å². The topological polar surface area (TPSA) is 42.1 Å². The van der Waals surface area contributed by atoms with Crippen molar-refractivity contribution in [3.05, 3.63) is 23.9 Å². The van der Waals surface area contributed by atoms with Crippen molar-refractivity contribution in [3.63, 3.8) is 0 Å². The van der Waals surface area contributed by atoms with Crippen LogP contribution in [0.15, 0.2) is 18.3 Å². The largest absolute Gasteiger partial charge is 0.356 e. The van der Waals surface area contributed by atoms with Crippen LogP contribution in [-0.2, 0) is 0 Å². The molecule has 2 heterocycles. The van der Waals surface area contributed by atoms with Crippen molar-refractivity contribution in [3.8, 4) is 0 Å². The standard InChI is InChI=1S/C13H19N3/c14-9-10-8-12(10)11-4-3-5-15-13(11)16-6-1-2-7-16/h3-5,10,12H,1-2,6-9,14H2/t10-,12+/m0/s1. The number of nitrogens with zero attached hydrogens (tertiary/aromatic N) is 2. The molecule has 2 N–H and O–H groups in total. The highest BCUT2D eigenvalue weighted by molar-refractivity contribution is 5.51. The number of aromatic nitrogens is 1. The third-order valence-corrected chi connectivity index (χ3v) is 3.85. The van der Waals surface area contributed by atoms with E-state index in [0.29, 0.717) is 11.8 Å². The summed E-state index contributed by atoms with van der Waals surface area (Å²) in [5, 5.41) is 0. The van der Waals surface area contributed by atoms with Crippen LogP contribution in [0.4, 0.5) is 5.82 Å². The van der Waals surface area contributed by atoms with Gasteiger partial charge in [0.1, 0.15) is 5.82 Å². The minimum atomic E-state index is 0.675. The summed E-state index contributed by atoms with van der Waals surface area (Å²) in [7, 11) is 0. The van der Waals surface area contributed by atoms with E-state index in [1.165, 1.54) is 43.7 Å². The molecule has 0 spiro atoms. The van der Waals surface area contributed by atoms with Gasteiger partial charge in [-0.3, -0.25) is 0 Å². The fraction of sp³-hybridized carbons (Fsp3) is 0.615. The molecule has 1 aliphatic carbocycles. The summed E-state index contributed by atoms with van der Waals surface area (Å²) in [6, 6.07) is 4.29. The molecule has 1 aromatic heterocycles. The highest BCUT2D eigenvalue weighted by Crippen LogP contribution is 2.49. The van der Waals surface area contributed by atoms with Crippen molar-refractivity contribution in [2.24, 2.45) is 11.7 Å². The Bertz CT molecular complexity index is 371. The van der Waals surface area contributed by atoms with Crippen LogP contribution in [0.1, 0.15) is 30.7 Å². The molecule has 2 atom stereocenters. The van der Waals surface area contributed by atoms with E-state index in [-0.39, 0.29) is 0 Å². The molecule has 1 aromatic rings. The Labute approximate surface area is 96.7 Å². The van der Waals surface area contributed by atoms with Gasteiger partial charge in [0.25, 0.3) is 0 Å². The van der Waals surface area contributed by atoms with Gasteiger partial charge in [-0.1, -0.05) is 6.07 Å². The minimum absolute atomic E-state index is 0.675. The van der Waals surface area contributed by atoms with Crippen molar-refractivity contribution >= 4 is 5.82 Å². The van der Waals surface area contributed by atoms with Crippen LogP contribution >= 0.6 is 0 Å². The maximum absolute atomic E-state index is 5.73. The second kappa shape index (κ2) is 4.06. The number of anilines is 1. The first kappa shape index (κ1) is 10.1. The van der Waals surface area contributed by atoms with Crippen LogP contribution in [0.5, 0.6) is 0 Å². The SMILES string of the molecule is NC[C@@H]1C[C@H]1c1cccnc1N1CCCC1. The van der Waals surface area contributed by atoms with E-state index in [1.54, 1.807) is 0 Å². The Hall–Kier alpha value is -1.09. The van der Waals surface area contributed by atoms with Gasteiger partial charge in [0.2, 0.25) is 0 Å². The molecule has 3 rings (SSSR count). The Kier molecular flexibility index (Phi) is 2.56. The predicted molar refractivity (Wildman–Crippen MR) is 65.6 cm³/mol. The third-order valence-electron chi connectivity index (χ3n) is 3.85. The zero-order chi connectivity index (χ0) is 11.0. The molecule has 2 aliphatic rings. The smallest absolute Gasteiger partial charge is 0.131 e. The van der Waals surface area contributed by atoms with E-state index >= 15 is 0 Å². The fourth-order valence-corrected chi connectivity index (χ4v) is 2.78. The molecule has 0 radical (unpaired) electrons. The predicted octanol–water partition coefficient (Wildman–Crippen LogP) is 1.74. The summed E-state index contributed by atoms with van der Waals surface area (Å²) in [5.74, 6) is 2.60. The Morgan fingerprint density at radius 1 is 1.38 bits per heavy atom. The lowest BCUT2D eigenvalue weighted by atomic mass is 10.1. The maximum atomic E-state index is 5.73. The van der Waals surface area contributed by atoms with E-state index in [4.69, 9.17) is 5.73 Å². The molecule has 16 heavy (non-hydrogen) atoms. The molecule has 0 aromatic carbocycles. The maximum Gasteiger partial charge on any atom is 0.131 e. The lowest BCUT2D eigenvalue weighted by molar-refractivity contribution is 0.801. The van der Waals surface area contributed by atoms with Crippen molar-refractivity contribution in [2.75, 3.05) is 24.5 Å². The molecular formula is C13H19N3. The molecule has 3 heteroatoms. The van der Waals surface area contributed by atoms with Gasteiger partial charge in [0, 0.05) is 19.3 Å². The zero-order valence-corrected chi connectivity index (χ0v) is 9.60. The molecular weight excluding hydrogens is 198 g/mol. The number of rotatable bonds is 3. The average Bonchev–Trinajstić information content (AvgIpc) is 2.93. The molecule has 1 saturated carbocycles. The van der Waals surface area contributed by atoms with E-state index < -0.39 is 0 Å². The summed E-state index contributed by atoms with van der Waals surface area (Å²) in [6.07, 6.45) is 5.78. The molecule has 0 amide bonds. The minimum Gasteiger partial charge on any atom is -0.356 e. The average molecular weight is 217 g/mol. The van der Waals surface area contributed by atoms with Gasteiger partial charge in [-0.2, -0.15) is 0 Å². The fourth-order valence-electron chi connectivity index (χ4n) is 2.78. The van der Waals surface area contributed by atoms with Gasteiger partial charge in [0.15, 0.2) is 0 Å². The van der Waals surface area contributed by atoms with Crippen LogP contribution in [-0.4, -0.2) is 24.6 Å². The lowest BCUT2D eigenvalue weighted by Crippen LogP contribution is -2.20. The third kappa shape index (κ3) is 1.69. The normalized spacial score (nSPS) is 28.4. The molecule has 0 unspecified atom stereocenters. The summed E-state index contributed by atoms with van der Waals surface area (Å²) in [6.45, 7) is 3.16. The summed E-state index contributed by atoms with van der Waals surface area (Å²) in [5.41, 5.74) is 7.16. The molecule has 86 valence electrons. The van der Waals surface area contributed by atoms with Crippen molar-refractivity contribution in [2.45, 2.75) is 25.2 Å². The first-order valence-corrected chi connectivity index (χ1v) is 6.30. The quantitative estimate of drug-likeness (QED) is 0.838. The highest BCUT2D eigenvalue weighted by Gasteiger charge is 2.39. The first-order valence-electron chi connectivity index (χ1n) is 6.30. The van der Waals surface area contributed by atoms with E-state index in [0.717, 1.165) is 6.54 Å². The Morgan fingerprint density at radius 2 is 2.19 bits per heavy atom. The van der Waals surface area contributed by atoms with E-state index in [9.17, 15) is 0 Å². The molecule has 0 bridgehead atoms. The second-order valence-electron chi connectivity index (χ2n) is 4.95. The number of hydrogen-bond donors (Lipinski definition) is 1. The van der Waals surface area contributed by atoms with E-state index in [1.807, 2.05) is 6.20 Å². The van der Waals surface area contributed by atoms with Crippen LogP contribution < -0.4 is 10.6 Å². The number of hydrogen-bond acceptors (Lipinski definition) is 3. The van der Waals surface area contributed by atoms with Gasteiger partial charge >= 0.3 is 0 Å². The number of pyridine rings is 1. The Morgan fingerprint density at radius 3 is 2.88 bits per heavy atom. The van der Waals surface area contributed by atoms with Crippen LogP contribution in [0.2, 0.25) is 0 Å². The lowest BCUT2D eigenvalue weighted by Gasteiger charge is -2.19. The molecule has 2 fully saturated rings. The first-order chi connectivity index (χ1) is 7.90. The van der Waals surface area contributed by atoms with Crippen molar-refractivity contribution in [1.82, 2.24) is 4.98 Å². The second-order valence-corrected chi connectivity index (χ2v) is 4.95. The van der Waals surface area contributed by atoms with Gasteiger partial charge in [-0.15, -0.1) is 0 Å². The summed E-state index contributed by atoms with van der Waals surface area (Å²) in [4.78, 5) is 7.01. The van der Waals surface area contributed by atoms with Crippen LogP contribution in [0, 0.1) is 5.92 Å². The Balaban J connectivity index is 1.86. The van der Waals surface area contributed by atoms with E-state index in [2.05, 4.69) is 22.0 Å². The summed E-state index contributed by atoms with van der Waals surface area (Å²) >= 11 is 0. The monoisotopic (exact) mass is 217 g/mol. The van der Waals surface area contributed by atoms with Crippen molar-refractivity contribution < 1.29 is 0 Å². The van der Waals surface area contributed by atoms with Crippen LogP contribution in [0.25, 0.3) is 0 Å². The van der Waals surface area contributed by atoms with Gasteiger partial charge in [-0.25, -0.2) is 4.98 Å². The highest BCUT2D eigenvalue weighted by atomic mass is 15.2. The van der Waals surface area contributed by atoms with Gasteiger partial charge in [0.05, 0.1) is 0 Å². The number of nitrogens with two attached hydrogens (primary N) is 1. The zero-order valence-electron chi connectivity index (χ0n) is 9.60. The van der Waals surface area contributed by atoms with Crippen molar-refractivity contribution in [1.29, 1.82) is 0 Å².